The van der Waals surface area contributed by atoms with Crippen LogP contribution in [0.25, 0.3) is 22.1 Å². The monoisotopic (exact) mass is 256 g/mol. The number of H-pyrrole nitrogens is 1. The van der Waals surface area contributed by atoms with Gasteiger partial charge in [-0.25, -0.2) is 9.97 Å². The molecule has 0 bridgehead atoms. The van der Waals surface area contributed by atoms with E-state index in [0.717, 1.165) is 28.5 Å². The van der Waals surface area contributed by atoms with Crippen LogP contribution in [0.15, 0.2) is 36.7 Å². The van der Waals surface area contributed by atoms with Crippen molar-refractivity contribution in [3.63, 3.8) is 0 Å². The molecular weight excluding hydrogens is 244 g/mol. The molecule has 0 radical (unpaired) electrons. The van der Waals surface area contributed by atoms with Gasteiger partial charge in [0.15, 0.2) is 10.8 Å². The lowest BCUT2D eigenvalue weighted by molar-refractivity contribution is 1.09. The van der Waals surface area contributed by atoms with Gasteiger partial charge in [-0.15, -0.1) is 11.3 Å². The van der Waals surface area contributed by atoms with Crippen molar-refractivity contribution in [3.05, 3.63) is 41.5 Å². The van der Waals surface area contributed by atoms with Gasteiger partial charge in [0, 0.05) is 10.4 Å². The summed E-state index contributed by atoms with van der Waals surface area (Å²) in [7, 11) is 0. The Hall–Kier alpha value is -2.01. The molecule has 4 nitrogen and oxygen atoms in total. The average molecular weight is 256 g/mol. The molecule has 90 valence electrons. The molecule has 0 atom stereocenters. The first-order valence-corrected chi connectivity index (χ1v) is 6.61. The molecule has 2 heterocycles. The summed E-state index contributed by atoms with van der Waals surface area (Å²) >= 11 is 1.67. The van der Waals surface area contributed by atoms with E-state index in [1.807, 2.05) is 18.2 Å². The number of hydrogen-bond acceptors (Lipinski definition) is 4. The Morgan fingerprint density at radius 1 is 1.22 bits per heavy atom. The highest BCUT2D eigenvalue weighted by Gasteiger charge is 2.14. The topological polar surface area (TPSA) is 54.5 Å². The predicted molar refractivity (Wildman–Crippen MR) is 72.3 cm³/mol. The fourth-order valence-corrected chi connectivity index (χ4v) is 2.79. The number of hydrogen-bond donors (Lipinski definition) is 1. The number of aromatic amines is 1. The van der Waals surface area contributed by atoms with Crippen LogP contribution in [0.5, 0.6) is 0 Å². The zero-order valence-corrected chi connectivity index (χ0v) is 10.7. The lowest BCUT2D eigenvalue weighted by Crippen LogP contribution is -1.83. The highest BCUT2D eigenvalue weighted by molar-refractivity contribution is 7.15. The molecule has 5 heteroatoms. The number of aromatic nitrogens is 4. The summed E-state index contributed by atoms with van der Waals surface area (Å²) < 4.78 is 0. The van der Waals surface area contributed by atoms with Gasteiger partial charge in [-0.1, -0.05) is 37.3 Å². The number of aryl methyl sites for hydroxylation is 1. The molecule has 18 heavy (non-hydrogen) atoms. The molecule has 0 spiro atoms. The van der Waals surface area contributed by atoms with E-state index in [-0.39, 0.29) is 0 Å². The maximum absolute atomic E-state index is 4.68. The molecule has 0 fully saturated rings. The third-order valence-corrected chi connectivity index (χ3v) is 3.89. The summed E-state index contributed by atoms with van der Waals surface area (Å²) in [6, 6.07) is 10.2. The molecule has 0 amide bonds. The number of nitrogens with one attached hydrogen (secondary N) is 1. The Morgan fingerprint density at radius 3 is 2.72 bits per heavy atom. The van der Waals surface area contributed by atoms with Crippen LogP contribution in [0.1, 0.15) is 11.8 Å². The van der Waals surface area contributed by atoms with Crippen molar-refractivity contribution in [2.45, 2.75) is 13.3 Å². The van der Waals surface area contributed by atoms with Gasteiger partial charge in [-0.3, -0.25) is 5.10 Å². The van der Waals surface area contributed by atoms with Crippen LogP contribution >= 0.6 is 11.3 Å². The first-order chi connectivity index (χ1) is 8.88. The van der Waals surface area contributed by atoms with Crippen LogP contribution in [-0.2, 0) is 6.42 Å². The fraction of sp³-hybridized carbons (Fsp3) is 0.154. The summed E-state index contributed by atoms with van der Waals surface area (Å²) in [6.07, 6.45) is 2.47. The molecule has 1 aromatic carbocycles. The van der Waals surface area contributed by atoms with Gasteiger partial charge in [-0.05, 0) is 6.42 Å². The van der Waals surface area contributed by atoms with E-state index >= 15 is 0 Å². The second-order valence-electron chi connectivity index (χ2n) is 3.84. The third-order valence-electron chi connectivity index (χ3n) is 2.68. The Bertz CT molecular complexity index is 628. The molecule has 0 aliphatic heterocycles. The largest absolute Gasteiger partial charge is 0.257 e. The van der Waals surface area contributed by atoms with Crippen molar-refractivity contribution in [2.75, 3.05) is 0 Å². The van der Waals surface area contributed by atoms with Crippen molar-refractivity contribution in [1.82, 2.24) is 20.2 Å². The van der Waals surface area contributed by atoms with Crippen molar-refractivity contribution < 1.29 is 0 Å². The van der Waals surface area contributed by atoms with Crippen LogP contribution < -0.4 is 0 Å². The molecule has 0 saturated heterocycles. The van der Waals surface area contributed by atoms with Crippen LogP contribution in [0.2, 0.25) is 0 Å². The maximum atomic E-state index is 4.68. The number of thiazole rings is 1. The zero-order valence-electron chi connectivity index (χ0n) is 9.92. The molecule has 0 saturated carbocycles. The highest BCUT2D eigenvalue weighted by atomic mass is 32.1. The van der Waals surface area contributed by atoms with Gasteiger partial charge in [0.1, 0.15) is 6.33 Å². The van der Waals surface area contributed by atoms with Crippen molar-refractivity contribution in [2.24, 2.45) is 0 Å². The number of nitrogens with zero attached hydrogens (tertiary/aromatic N) is 3. The number of benzene rings is 1. The smallest absolute Gasteiger partial charge is 0.184 e. The molecule has 1 N–H and O–H groups in total. The summed E-state index contributed by atoms with van der Waals surface area (Å²) in [4.78, 5) is 10.1. The molecule has 0 aliphatic rings. The third kappa shape index (κ3) is 1.93. The minimum atomic E-state index is 0.733. The van der Waals surface area contributed by atoms with E-state index < -0.39 is 0 Å². The normalized spacial score (nSPS) is 10.7. The standard InChI is InChI=1S/C13H12N4S/c1-2-10-11(9-6-4-3-5-7-9)16-13(18-10)12-14-8-15-17-12/h3-8H,2H2,1H3,(H,14,15,17). The fourth-order valence-electron chi connectivity index (χ4n) is 1.82. The van der Waals surface area contributed by atoms with Gasteiger partial charge in [0.05, 0.1) is 5.69 Å². The lowest BCUT2D eigenvalue weighted by Gasteiger charge is -1.98. The van der Waals surface area contributed by atoms with Crippen molar-refractivity contribution in [3.8, 4) is 22.1 Å². The first-order valence-electron chi connectivity index (χ1n) is 5.79. The molecule has 3 aromatic rings. The Kier molecular flexibility index (Phi) is 2.90. The SMILES string of the molecule is CCc1sc(-c2ncn[nH]2)nc1-c1ccccc1. The van der Waals surface area contributed by atoms with Crippen molar-refractivity contribution in [1.29, 1.82) is 0 Å². The van der Waals surface area contributed by atoms with E-state index in [0.29, 0.717) is 0 Å². The molecule has 2 aromatic heterocycles. The van der Waals surface area contributed by atoms with E-state index in [9.17, 15) is 0 Å². The second-order valence-corrected chi connectivity index (χ2v) is 4.93. The first kappa shape index (κ1) is 11.1. The van der Waals surface area contributed by atoms with E-state index in [1.54, 1.807) is 11.3 Å². The quantitative estimate of drug-likeness (QED) is 0.783. The van der Waals surface area contributed by atoms with Gasteiger partial charge in [-0.2, -0.15) is 5.10 Å². The van der Waals surface area contributed by atoms with E-state index in [4.69, 9.17) is 0 Å². The Labute approximate surface area is 109 Å². The summed E-state index contributed by atoms with van der Waals surface area (Å²) in [5.74, 6) is 0.733. The molecular formula is C13H12N4S. The average Bonchev–Trinajstić information content (AvgIpc) is 3.08. The molecule has 3 rings (SSSR count). The van der Waals surface area contributed by atoms with Crippen molar-refractivity contribution >= 4 is 11.3 Å². The summed E-state index contributed by atoms with van der Waals surface area (Å²) in [6.45, 7) is 2.14. The van der Waals surface area contributed by atoms with Gasteiger partial charge in [0.2, 0.25) is 0 Å². The lowest BCUT2D eigenvalue weighted by atomic mass is 10.1. The molecule has 0 aliphatic carbocycles. The van der Waals surface area contributed by atoms with Crippen LogP contribution in [-0.4, -0.2) is 20.2 Å². The number of rotatable bonds is 3. The minimum Gasteiger partial charge on any atom is -0.257 e. The zero-order chi connectivity index (χ0) is 12.4. The van der Waals surface area contributed by atoms with Gasteiger partial charge >= 0.3 is 0 Å². The van der Waals surface area contributed by atoms with Gasteiger partial charge in [0.25, 0.3) is 0 Å². The van der Waals surface area contributed by atoms with Gasteiger partial charge < -0.3 is 0 Å². The summed E-state index contributed by atoms with van der Waals surface area (Å²) in [5.41, 5.74) is 2.20. The minimum absolute atomic E-state index is 0.733. The molecule has 0 unspecified atom stereocenters. The van der Waals surface area contributed by atoms with Crippen LogP contribution in [0, 0.1) is 0 Å². The van der Waals surface area contributed by atoms with Crippen LogP contribution in [0.4, 0.5) is 0 Å². The van der Waals surface area contributed by atoms with E-state index in [1.165, 1.54) is 11.2 Å². The predicted octanol–water partition coefficient (Wildman–Crippen LogP) is 3.16. The van der Waals surface area contributed by atoms with E-state index in [2.05, 4.69) is 39.2 Å². The second kappa shape index (κ2) is 4.70. The Morgan fingerprint density at radius 2 is 2.06 bits per heavy atom. The highest BCUT2D eigenvalue weighted by Crippen LogP contribution is 2.32. The Balaban J connectivity index is 2.10. The maximum Gasteiger partial charge on any atom is 0.184 e. The van der Waals surface area contributed by atoms with Crippen LogP contribution in [0.3, 0.4) is 0 Å². The summed E-state index contributed by atoms with van der Waals surface area (Å²) in [5, 5.41) is 7.61.